The fourth-order valence-electron chi connectivity index (χ4n) is 1.60. The molecule has 0 amide bonds. The molecule has 0 spiro atoms. The number of likely N-dealkylation sites (N-methyl/N-ethyl adjacent to an activating group) is 2. The lowest BCUT2D eigenvalue weighted by molar-refractivity contribution is 0.156. The van der Waals surface area contributed by atoms with Crippen molar-refractivity contribution in [1.82, 2.24) is 20.1 Å². The van der Waals surface area contributed by atoms with E-state index in [2.05, 4.69) is 29.2 Å². The summed E-state index contributed by atoms with van der Waals surface area (Å²) >= 11 is 0. The van der Waals surface area contributed by atoms with Crippen molar-refractivity contribution in [3.63, 3.8) is 0 Å². The third-order valence-corrected chi connectivity index (χ3v) is 2.88. The maximum atomic E-state index is 5.50. The van der Waals surface area contributed by atoms with Crippen molar-refractivity contribution in [2.75, 3.05) is 66.5 Å². The zero-order valence-corrected chi connectivity index (χ0v) is 10.1. The highest BCUT2D eigenvalue weighted by atomic mass is 15.4. The van der Waals surface area contributed by atoms with Crippen LogP contribution in [0.5, 0.6) is 0 Å². The second-order valence-electron chi connectivity index (χ2n) is 4.39. The van der Waals surface area contributed by atoms with E-state index in [9.17, 15) is 0 Å². The van der Waals surface area contributed by atoms with Crippen molar-refractivity contribution < 1.29 is 0 Å². The summed E-state index contributed by atoms with van der Waals surface area (Å²) in [5.74, 6) is 5.50. The zero-order valence-electron chi connectivity index (χ0n) is 10.1. The van der Waals surface area contributed by atoms with E-state index in [0.717, 1.165) is 39.3 Å². The molecule has 2 aliphatic heterocycles. The summed E-state index contributed by atoms with van der Waals surface area (Å²) < 4.78 is 0. The number of hydrogen-bond donors (Lipinski definition) is 2. The summed E-state index contributed by atoms with van der Waals surface area (Å²) in [6.45, 7) is 8.98. The lowest BCUT2D eigenvalue weighted by Crippen LogP contribution is -2.47. The topological polar surface area (TPSA) is 47.8 Å². The van der Waals surface area contributed by atoms with E-state index < -0.39 is 0 Å². The Morgan fingerprint density at radius 3 is 1.60 bits per heavy atom. The number of nitrogens with two attached hydrogens (primary N) is 1. The van der Waals surface area contributed by atoms with E-state index >= 15 is 0 Å². The number of nitrogens with one attached hydrogen (secondary N) is 1. The molecular weight excluding hydrogens is 190 g/mol. The van der Waals surface area contributed by atoms with Gasteiger partial charge >= 0.3 is 0 Å². The first-order valence-corrected chi connectivity index (χ1v) is 5.76. The van der Waals surface area contributed by atoms with Crippen LogP contribution >= 0.6 is 0 Å². The largest absolute Gasteiger partial charge is 0.314 e. The summed E-state index contributed by atoms with van der Waals surface area (Å²) in [4.78, 5) is 4.61. The third kappa shape index (κ3) is 6.06. The van der Waals surface area contributed by atoms with Gasteiger partial charge in [-0.15, -0.1) is 0 Å². The Hall–Kier alpha value is -0.200. The van der Waals surface area contributed by atoms with E-state index in [4.69, 9.17) is 5.84 Å². The molecule has 3 N–H and O–H groups in total. The predicted octanol–water partition coefficient (Wildman–Crippen LogP) is -1.37. The molecule has 5 heteroatoms. The molecule has 0 saturated carbocycles. The van der Waals surface area contributed by atoms with Crippen LogP contribution in [0.15, 0.2) is 0 Å². The molecule has 2 aliphatic rings. The number of nitrogens with zero attached hydrogens (tertiary/aromatic N) is 3. The van der Waals surface area contributed by atoms with E-state index in [-0.39, 0.29) is 0 Å². The molecule has 90 valence electrons. The van der Waals surface area contributed by atoms with Crippen molar-refractivity contribution in [2.45, 2.75) is 0 Å². The Labute approximate surface area is 93.2 Å². The van der Waals surface area contributed by atoms with Crippen LogP contribution in [0.2, 0.25) is 0 Å². The molecule has 15 heavy (non-hydrogen) atoms. The smallest absolute Gasteiger partial charge is 0.0256 e. The summed E-state index contributed by atoms with van der Waals surface area (Å²) in [7, 11) is 4.27. The molecule has 0 aromatic rings. The van der Waals surface area contributed by atoms with Gasteiger partial charge in [0.2, 0.25) is 0 Å². The summed E-state index contributed by atoms with van der Waals surface area (Å²) in [6, 6.07) is 0. The minimum atomic E-state index is 1.01. The molecule has 0 radical (unpaired) electrons. The number of rotatable bonds is 0. The average Bonchev–Trinajstić information content (AvgIpc) is 2.25. The van der Waals surface area contributed by atoms with Crippen LogP contribution in [0.4, 0.5) is 0 Å². The summed E-state index contributed by atoms with van der Waals surface area (Å²) in [6.07, 6.45) is 0. The molecule has 0 bridgehead atoms. The highest BCUT2D eigenvalue weighted by Gasteiger charge is 2.08. The van der Waals surface area contributed by atoms with Crippen LogP contribution in [0.3, 0.4) is 0 Å². The van der Waals surface area contributed by atoms with Gasteiger partial charge in [-0.25, -0.2) is 5.01 Å². The number of hydrogen-bond acceptors (Lipinski definition) is 5. The number of hydrazine groups is 1. The summed E-state index contributed by atoms with van der Waals surface area (Å²) in [5.41, 5.74) is 0. The highest BCUT2D eigenvalue weighted by molar-refractivity contribution is 4.63. The van der Waals surface area contributed by atoms with Gasteiger partial charge in [-0.3, -0.25) is 5.84 Å². The zero-order chi connectivity index (χ0) is 11.1. The van der Waals surface area contributed by atoms with Gasteiger partial charge in [0, 0.05) is 52.4 Å². The molecule has 0 atom stereocenters. The molecule has 2 heterocycles. The van der Waals surface area contributed by atoms with Crippen LogP contribution in [0.25, 0.3) is 0 Å². The Balaban J connectivity index is 0.000000151. The maximum absolute atomic E-state index is 5.50. The monoisotopic (exact) mass is 215 g/mol. The molecule has 0 aliphatic carbocycles. The molecule has 0 unspecified atom stereocenters. The predicted molar refractivity (Wildman–Crippen MR) is 63.6 cm³/mol. The van der Waals surface area contributed by atoms with E-state index in [1.54, 1.807) is 0 Å². The van der Waals surface area contributed by atoms with Gasteiger partial charge < -0.3 is 15.1 Å². The second kappa shape index (κ2) is 7.14. The molecule has 2 rings (SSSR count). The SMILES string of the molecule is CN1CCN(N)CC1.CN1CCNCC1. The van der Waals surface area contributed by atoms with Crippen molar-refractivity contribution in [2.24, 2.45) is 5.84 Å². The normalized spacial score (nSPS) is 25.8. The lowest BCUT2D eigenvalue weighted by Gasteiger charge is -2.28. The van der Waals surface area contributed by atoms with Crippen molar-refractivity contribution in [3.8, 4) is 0 Å². The summed E-state index contributed by atoms with van der Waals surface area (Å²) in [5, 5.41) is 5.13. The average molecular weight is 215 g/mol. The Bertz CT molecular complexity index is 140. The Morgan fingerprint density at radius 2 is 1.27 bits per heavy atom. The molecule has 2 saturated heterocycles. The van der Waals surface area contributed by atoms with Crippen LogP contribution in [-0.4, -0.2) is 81.3 Å². The highest BCUT2D eigenvalue weighted by Crippen LogP contribution is 1.91. The van der Waals surface area contributed by atoms with Gasteiger partial charge in [0.15, 0.2) is 0 Å². The van der Waals surface area contributed by atoms with Gasteiger partial charge in [-0.2, -0.15) is 0 Å². The van der Waals surface area contributed by atoms with Gasteiger partial charge in [0.05, 0.1) is 0 Å². The van der Waals surface area contributed by atoms with Crippen molar-refractivity contribution in [1.29, 1.82) is 0 Å². The van der Waals surface area contributed by atoms with Gasteiger partial charge in [-0.1, -0.05) is 0 Å². The van der Waals surface area contributed by atoms with Gasteiger partial charge in [0.25, 0.3) is 0 Å². The van der Waals surface area contributed by atoms with Crippen LogP contribution in [0.1, 0.15) is 0 Å². The maximum Gasteiger partial charge on any atom is 0.0256 e. The third-order valence-electron chi connectivity index (χ3n) is 2.88. The van der Waals surface area contributed by atoms with E-state index in [1.807, 2.05) is 5.01 Å². The van der Waals surface area contributed by atoms with Crippen molar-refractivity contribution >= 4 is 0 Å². The Kier molecular flexibility index (Phi) is 6.12. The van der Waals surface area contributed by atoms with Crippen LogP contribution in [0, 0.1) is 0 Å². The standard InChI is InChI=1S/C5H13N3.C5H12N2/c1-7-2-4-8(6)5-3-7;1-7-4-2-6-3-5-7/h2-6H2,1H3;6H,2-5H2,1H3. The first-order chi connectivity index (χ1) is 7.18. The Morgan fingerprint density at radius 1 is 0.800 bits per heavy atom. The first kappa shape index (κ1) is 12.9. The van der Waals surface area contributed by atoms with Gasteiger partial charge in [0.1, 0.15) is 0 Å². The number of piperazine rings is 2. The lowest BCUT2D eigenvalue weighted by atomic mass is 10.4. The van der Waals surface area contributed by atoms with Crippen LogP contribution < -0.4 is 11.2 Å². The van der Waals surface area contributed by atoms with Gasteiger partial charge in [-0.05, 0) is 14.1 Å². The first-order valence-electron chi connectivity index (χ1n) is 5.76. The molecular formula is C10H25N5. The fraction of sp³-hybridized carbons (Fsp3) is 1.00. The molecule has 5 nitrogen and oxygen atoms in total. The quantitative estimate of drug-likeness (QED) is 0.488. The van der Waals surface area contributed by atoms with Crippen molar-refractivity contribution in [3.05, 3.63) is 0 Å². The minimum absolute atomic E-state index is 1.01. The molecule has 2 fully saturated rings. The second-order valence-corrected chi connectivity index (χ2v) is 4.39. The van der Waals surface area contributed by atoms with E-state index in [0.29, 0.717) is 0 Å². The minimum Gasteiger partial charge on any atom is -0.314 e. The van der Waals surface area contributed by atoms with Crippen LogP contribution in [-0.2, 0) is 0 Å². The molecule has 0 aromatic carbocycles. The molecule has 0 aromatic heterocycles. The van der Waals surface area contributed by atoms with E-state index in [1.165, 1.54) is 13.1 Å². The fourth-order valence-corrected chi connectivity index (χ4v) is 1.60.